The van der Waals surface area contributed by atoms with Crippen LogP contribution in [0.3, 0.4) is 0 Å². The Labute approximate surface area is 172 Å². The van der Waals surface area contributed by atoms with E-state index in [0.29, 0.717) is 11.3 Å². The molecule has 3 aliphatic heterocycles. The number of likely N-dealkylation sites (tertiary alicyclic amines) is 1. The fourth-order valence-electron chi connectivity index (χ4n) is 5.32. The third-order valence-electron chi connectivity index (χ3n) is 6.49. The summed E-state index contributed by atoms with van der Waals surface area (Å²) in [6, 6.07) is 15.8. The van der Waals surface area contributed by atoms with Crippen molar-refractivity contribution in [3.05, 3.63) is 65.7 Å². The zero-order valence-electron chi connectivity index (χ0n) is 16.1. The van der Waals surface area contributed by atoms with Gasteiger partial charge in [0.15, 0.2) is 0 Å². The Morgan fingerprint density at radius 2 is 1.73 bits per heavy atom. The fourth-order valence-corrected chi connectivity index (χ4v) is 5.32. The lowest BCUT2D eigenvalue weighted by Gasteiger charge is -2.26. The molecule has 8 nitrogen and oxygen atoms in total. The minimum absolute atomic E-state index is 0.0867. The summed E-state index contributed by atoms with van der Waals surface area (Å²) in [5.41, 5.74) is 6.27. The number of hydrogen-bond acceptors (Lipinski definition) is 4. The predicted molar refractivity (Wildman–Crippen MR) is 105 cm³/mol. The van der Waals surface area contributed by atoms with Crippen molar-refractivity contribution in [2.24, 2.45) is 17.6 Å². The maximum absolute atomic E-state index is 13.5. The van der Waals surface area contributed by atoms with E-state index >= 15 is 0 Å². The Hall–Kier alpha value is -3.52. The minimum atomic E-state index is -1.28. The number of nitrogens with one attached hydrogen (secondary N) is 1. The van der Waals surface area contributed by atoms with Crippen molar-refractivity contribution in [2.45, 2.75) is 24.5 Å². The first-order valence-electron chi connectivity index (χ1n) is 9.88. The van der Waals surface area contributed by atoms with E-state index in [1.807, 2.05) is 30.3 Å². The summed E-state index contributed by atoms with van der Waals surface area (Å²) in [6.07, 6.45) is -0.0867. The highest BCUT2D eigenvalue weighted by Crippen LogP contribution is 2.49. The zero-order chi connectivity index (χ0) is 21.0. The van der Waals surface area contributed by atoms with Gasteiger partial charge < -0.3 is 16.4 Å². The van der Waals surface area contributed by atoms with Crippen LogP contribution in [0.4, 0.5) is 5.69 Å². The van der Waals surface area contributed by atoms with Crippen LogP contribution in [0.5, 0.6) is 0 Å². The molecule has 5 rings (SSSR count). The Balaban J connectivity index is 1.61. The summed E-state index contributed by atoms with van der Waals surface area (Å²) >= 11 is 0. The number of benzene rings is 2. The third-order valence-corrected chi connectivity index (χ3v) is 6.49. The van der Waals surface area contributed by atoms with Gasteiger partial charge in [0.05, 0.1) is 18.7 Å². The van der Waals surface area contributed by atoms with Crippen LogP contribution in [0.1, 0.15) is 17.5 Å². The van der Waals surface area contributed by atoms with E-state index in [0.717, 1.165) is 5.56 Å². The summed E-state index contributed by atoms with van der Waals surface area (Å²) in [5, 5.41) is 4.56. The summed E-state index contributed by atoms with van der Waals surface area (Å²) in [7, 11) is 0. The molecule has 30 heavy (non-hydrogen) atoms. The molecule has 0 aliphatic carbocycles. The number of quaternary nitrogens is 1. The molecule has 2 fully saturated rings. The molecule has 0 unspecified atom stereocenters. The van der Waals surface area contributed by atoms with E-state index in [1.54, 1.807) is 29.6 Å². The van der Waals surface area contributed by atoms with Crippen LogP contribution in [-0.4, -0.2) is 34.6 Å². The number of hydrogen-bond donors (Lipinski definition) is 3. The SMILES string of the molecule is NC(=O)C[C@@H]1[NH2+][C@]2(C(=O)Nc3ccccc32)[C@H]2C(=O)N(Cc3ccccc3)C(=O)[C@H]12. The molecule has 1 spiro atoms. The summed E-state index contributed by atoms with van der Waals surface area (Å²) in [5.74, 6) is -3.32. The monoisotopic (exact) mass is 405 g/mol. The molecule has 0 saturated carbocycles. The highest BCUT2D eigenvalue weighted by Gasteiger charge is 2.74. The van der Waals surface area contributed by atoms with Crippen LogP contribution in [0, 0.1) is 11.8 Å². The van der Waals surface area contributed by atoms with Crippen LogP contribution in [0.25, 0.3) is 0 Å². The number of para-hydroxylation sites is 1. The van der Waals surface area contributed by atoms with Gasteiger partial charge in [0.25, 0.3) is 5.91 Å². The van der Waals surface area contributed by atoms with Gasteiger partial charge in [-0.05, 0) is 11.6 Å². The van der Waals surface area contributed by atoms with Gasteiger partial charge in [-0.25, -0.2) is 0 Å². The maximum atomic E-state index is 13.5. The van der Waals surface area contributed by atoms with Crippen molar-refractivity contribution in [1.82, 2.24) is 4.90 Å². The predicted octanol–water partition coefficient (Wildman–Crippen LogP) is -0.544. The van der Waals surface area contributed by atoms with Gasteiger partial charge in [-0.1, -0.05) is 48.5 Å². The van der Waals surface area contributed by atoms with Gasteiger partial charge in [0.2, 0.25) is 23.3 Å². The molecule has 2 aromatic rings. The van der Waals surface area contributed by atoms with Crippen LogP contribution >= 0.6 is 0 Å². The highest BCUT2D eigenvalue weighted by atomic mass is 16.2. The number of nitrogens with two attached hydrogens (primary N) is 2. The number of amides is 4. The van der Waals surface area contributed by atoms with Crippen LogP contribution in [-0.2, 0) is 31.3 Å². The summed E-state index contributed by atoms with van der Waals surface area (Å²) in [4.78, 5) is 53.0. The molecule has 5 N–H and O–H groups in total. The molecule has 3 heterocycles. The van der Waals surface area contributed by atoms with Gasteiger partial charge in [-0.15, -0.1) is 0 Å². The van der Waals surface area contributed by atoms with Gasteiger partial charge in [0, 0.05) is 5.56 Å². The topological polar surface area (TPSA) is 126 Å². The quantitative estimate of drug-likeness (QED) is 0.591. The van der Waals surface area contributed by atoms with Crippen LogP contribution < -0.4 is 16.4 Å². The smallest absolute Gasteiger partial charge is 0.291 e. The standard InChI is InChI=1S/C22H20N4O4/c23-16(27)10-15-17-18(20(29)26(19(17)28)11-12-6-2-1-3-7-12)22(25-15)13-8-4-5-9-14(13)24-21(22)30/h1-9,15,17-18,25H,10-11H2,(H2,23,27)(H,24,30)/p+1/t15-,17+,18+,22-/m0/s1. The number of fused-ring (bicyclic) bond motifs is 4. The minimum Gasteiger partial charge on any atom is -0.369 e. The first-order chi connectivity index (χ1) is 14.4. The Bertz CT molecular complexity index is 1090. The van der Waals surface area contributed by atoms with Gasteiger partial charge in [-0.3, -0.25) is 24.1 Å². The van der Waals surface area contributed by atoms with E-state index < -0.39 is 29.3 Å². The van der Waals surface area contributed by atoms with Crippen LogP contribution in [0.15, 0.2) is 54.6 Å². The molecular formula is C22H21N4O4+. The van der Waals surface area contributed by atoms with E-state index in [9.17, 15) is 19.2 Å². The number of rotatable bonds is 4. The second kappa shape index (κ2) is 6.50. The lowest BCUT2D eigenvalue weighted by atomic mass is 9.76. The van der Waals surface area contributed by atoms with Gasteiger partial charge >= 0.3 is 0 Å². The molecule has 152 valence electrons. The van der Waals surface area contributed by atoms with Gasteiger partial charge in [-0.2, -0.15) is 0 Å². The molecule has 2 aromatic carbocycles. The largest absolute Gasteiger partial charge is 0.369 e. The first-order valence-corrected chi connectivity index (χ1v) is 9.88. The van der Waals surface area contributed by atoms with E-state index in [-0.39, 0.29) is 30.7 Å². The van der Waals surface area contributed by atoms with Crippen molar-refractivity contribution in [3.8, 4) is 0 Å². The highest BCUT2D eigenvalue weighted by molar-refractivity contribution is 6.14. The Morgan fingerprint density at radius 3 is 2.47 bits per heavy atom. The Kier molecular flexibility index (Phi) is 4.01. The molecule has 0 aromatic heterocycles. The zero-order valence-corrected chi connectivity index (χ0v) is 16.1. The normalized spacial score (nSPS) is 29.3. The molecule has 0 bridgehead atoms. The van der Waals surface area contributed by atoms with Crippen molar-refractivity contribution in [3.63, 3.8) is 0 Å². The molecule has 2 saturated heterocycles. The summed E-state index contributed by atoms with van der Waals surface area (Å²) < 4.78 is 0. The average Bonchev–Trinajstić information content (AvgIpc) is 3.29. The van der Waals surface area contributed by atoms with Crippen molar-refractivity contribution in [1.29, 1.82) is 0 Å². The lowest BCUT2D eigenvalue weighted by Crippen LogP contribution is -2.99. The van der Waals surface area contributed by atoms with Crippen molar-refractivity contribution in [2.75, 3.05) is 5.32 Å². The number of nitrogens with zero attached hydrogens (tertiary/aromatic N) is 1. The molecule has 8 heteroatoms. The number of carbonyl (C=O) groups is 4. The number of anilines is 1. The van der Waals surface area contributed by atoms with Crippen molar-refractivity contribution >= 4 is 29.3 Å². The average molecular weight is 405 g/mol. The number of carbonyl (C=O) groups excluding carboxylic acids is 4. The maximum Gasteiger partial charge on any atom is 0.291 e. The van der Waals surface area contributed by atoms with Gasteiger partial charge in [0.1, 0.15) is 17.9 Å². The molecule has 3 aliphatic rings. The number of imide groups is 1. The second-order valence-corrected chi connectivity index (χ2v) is 8.12. The second-order valence-electron chi connectivity index (χ2n) is 8.12. The van der Waals surface area contributed by atoms with Crippen molar-refractivity contribution < 1.29 is 24.5 Å². The first kappa shape index (κ1) is 18.5. The molecule has 0 radical (unpaired) electrons. The molecule has 4 amide bonds. The van der Waals surface area contributed by atoms with Crippen LogP contribution in [0.2, 0.25) is 0 Å². The summed E-state index contributed by atoms with van der Waals surface area (Å²) in [6.45, 7) is 0.133. The fraction of sp³-hybridized carbons (Fsp3) is 0.273. The lowest BCUT2D eigenvalue weighted by molar-refractivity contribution is -0.732. The third kappa shape index (κ3) is 2.43. The Morgan fingerprint density at radius 1 is 1.03 bits per heavy atom. The number of primary amides is 1. The molecular weight excluding hydrogens is 384 g/mol. The van der Waals surface area contributed by atoms with E-state index in [2.05, 4.69) is 5.32 Å². The van der Waals surface area contributed by atoms with E-state index in [1.165, 1.54) is 4.90 Å². The van der Waals surface area contributed by atoms with E-state index in [4.69, 9.17) is 5.73 Å². The molecule has 4 atom stereocenters.